The van der Waals surface area contributed by atoms with Gasteiger partial charge in [0, 0.05) is 36.8 Å². The van der Waals surface area contributed by atoms with E-state index >= 15 is 0 Å². The number of primary amides is 1. The Morgan fingerprint density at radius 1 is 1.11 bits per heavy atom. The number of amides is 1. The van der Waals surface area contributed by atoms with E-state index in [1.54, 1.807) is 6.20 Å². The van der Waals surface area contributed by atoms with E-state index in [1.165, 1.54) is 12.8 Å². The van der Waals surface area contributed by atoms with Gasteiger partial charge in [-0.3, -0.25) is 4.79 Å². The zero-order valence-electron chi connectivity index (χ0n) is 19.8. The number of carbonyl (C=O) groups excluding carboxylic acids is 1. The molecule has 2 atom stereocenters. The van der Waals surface area contributed by atoms with Gasteiger partial charge < -0.3 is 31.6 Å². The Labute approximate surface area is 204 Å². The SMILES string of the molecule is NC(=O)c1cc(F)c(N[C@@H]2CCCC[C@@H]2N)nc1Nc1cnc2c(ccn2CCN2CCCC2)c1. The van der Waals surface area contributed by atoms with Crippen LogP contribution in [0.5, 0.6) is 0 Å². The number of nitrogens with two attached hydrogens (primary N) is 2. The zero-order chi connectivity index (χ0) is 24.4. The van der Waals surface area contributed by atoms with E-state index in [0.717, 1.165) is 69.0 Å². The van der Waals surface area contributed by atoms with Gasteiger partial charge in [0.05, 0.1) is 17.4 Å². The second-order valence-corrected chi connectivity index (χ2v) is 9.60. The van der Waals surface area contributed by atoms with Crippen molar-refractivity contribution in [2.45, 2.75) is 57.2 Å². The number of fused-ring (bicyclic) bond motifs is 1. The van der Waals surface area contributed by atoms with Gasteiger partial charge in [0.1, 0.15) is 11.5 Å². The molecule has 3 aromatic heterocycles. The number of likely N-dealkylation sites (tertiary alicyclic amines) is 1. The summed E-state index contributed by atoms with van der Waals surface area (Å²) in [6.07, 6.45) is 10.1. The molecule has 1 aliphatic heterocycles. The van der Waals surface area contributed by atoms with Crippen molar-refractivity contribution in [3.05, 3.63) is 42.0 Å². The smallest absolute Gasteiger partial charge is 0.252 e. The number of hydrogen-bond acceptors (Lipinski definition) is 7. The van der Waals surface area contributed by atoms with Gasteiger partial charge in [0.2, 0.25) is 0 Å². The summed E-state index contributed by atoms with van der Waals surface area (Å²) in [5.74, 6) is -1.16. The summed E-state index contributed by atoms with van der Waals surface area (Å²) in [5.41, 5.74) is 13.2. The van der Waals surface area contributed by atoms with E-state index < -0.39 is 11.7 Å². The number of rotatable bonds is 8. The Kier molecular flexibility index (Phi) is 6.83. The average molecular weight is 481 g/mol. The molecule has 2 aliphatic rings. The summed E-state index contributed by atoms with van der Waals surface area (Å²) in [4.78, 5) is 23.5. The van der Waals surface area contributed by atoms with Crippen molar-refractivity contribution >= 4 is 34.3 Å². The number of aromatic nitrogens is 3. The van der Waals surface area contributed by atoms with Crippen LogP contribution in [0, 0.1) is 5.82 Å². The van der Waals surface area contributed by atoms with E-state index in [2.05, 4.69) is 30.1 Å². The minimum atomic E-state index is -0.762. The molecule has 35 heavy (non-hydrogen) atoms. The first kappa shape index (κ1) is 23.5. The second kappa shape index (κ2) is 10.2. The lowest BCUT2D eigenvalue weighted by molar-refractivity contribution is 0.100. The van der Waals surface area contributed by atoms with Gasteiger partial charge >= 0.3 is 0 Å². The number of hydrogen-bond donors (Lipinski definition) is 4. The molecular weight excluding hydrogens is 447 g/mol. The van der Waals surface area contributed by atoms with Crippen molar-refractivity contribution < 1.29 is 9.18 Å². The zero-order valence-corrected chi connectivity index (χ0v) is 19.8. The third kappa shape index (κ3) is 5.23. The van der Waals surface area contributed by atoms with E-state index in [4.69, 9.17) is 11.5 Å². The predicted molar refractivity (Wildman–Crippen MR) is 135 cm³/mol. The van der Waals surface area contributed by atoms with Crippen LogP contribution in [-0.4, -0.2) is 57.1 Å². The first-order valence-electron chi connectivity index (χ1n) is 12.4. The standard InChI is InChI=1S/C25H33FN8O/c26-19-14-18(22(28)35)23(32-24(19)31-21-6-2-1-5-20(21)27)30-17-13-16-7-10-34(25(16)29-15-17)12-11-33-8-3-4-9-33/h7,10,13-15,20-21H,1-6,8-9,11-12,27H2,(H2,28,35)(H2,30,31,32)/t20-,21+/m0/s1. The quantitative estimate of drug-likeness (QED) is 0.390. The summed E-state index contributed by atoms with van der Waals surface area (Å²) in [6.45, 7) is 4.22. The van der Waals surface area contributed by atoms with Crippen LogP contribution >= 0.6 is 0 Å². The molecular formula is C25H33FN8O. The van der Waals surface area contributed by atoms with Crippen LogP contribution in [0.1, 0.15) is 48.9 Å². The molecule has 2 fully saturated rings. The maximum atomic E-state index is 14.8. The van der Waals surface area contributed by atoms with E-state index in [9.17, 15) is 9.18 Å². The summed E-state index contributed by atoms with van der Waals surface area (Å²) in [7, 11) is 0. The van der Waals surface area contributed by atoms with Crippen LogP contribution < -0.4 is 22.1 Å². The van der Waals surface area contributed by atoms with Crippen molar-refractivity contribution in [1.82, 2.24) is 19.4 Å². The fourth-order valence-electron chi connectivity index (χ4n) is 5.11. The Balaban J connectivity index is 1.36. The summed E-state index contributed by atoms with van der Waals surface area (Å²) >= 11 is 0. The molecule has 3 aromatic rings. The lowest BCUT2D eigenvalue weighted by Gasteiger charge is -2.30. The van der Waals surface area contributed by atoms with Crippen molar-refractivity contribution in [2.24, 2.45) is 11.5 Å². The van der Waals surface area contributed by atoms with Crippen LogP contribution in [0.2, 0.25) is 0 Å². The van der Waals surface area contributed by atoms with Crippen LogP contribution in [0.25, 0.3) is 11.0 Å². The topological polar surface area (TPSA) is 127 Å². The Hall–Kier alpha value is -3.24. The predicted octanol–water partition coefficient (Wildman–Crippen LogP) is 3.19. The third-order valence-electron chi connectivity index (χ3n) is 7.10. The van der Waals surface area contributed by atoms with E-state index in [0.29, 0.717) is 5.69 Å². The van der Waals surface area contributed by atoms with Crippen molar-refractivity contribution in [3.8, 4) is 0 Å². The first-order valence-corrected chi connectivity index (χ1v) is 12.4. The first-order chi connectivity index (χ1) is 17.0. The summed E-state index contributed by atoms with van der Waals surface area (Å²) in [6, 6.07) is 4.93. The van der Waals surface area contributed by atoms with Crippen molar-refractivity contribution in [2.75, 3.05) is 30.3 Å². The molecule has 1 amide bonds. The molecule has 10 heteroatoms. The largest absolute Gasteiger partial charge is 0.365 e. The number of halogens is 1. The van der Waals surface area contributed by atoms with E-state index in [-0.39, 0.29) is 29.3 Å². The molecule has 186 valence electrons. The Bertz CT molecular complexity index is 1210. The number of anilines is 3. The minimum Gasteiger partial charge on any atom is -0.365 e. The van der Waals surface area contributed by atoms with Crippen LogP contribution in [0.3, 0.4) is 0 Å². The fourth-order valence-corrected chi connectivity index (χ4v) is 5.11. The molecule has 9 nitrogen and oxygen atoms in total. The second-order valence-electron chi connectivity index (χ2n) is 9.60. The highest BCUT2D eigenvalue weighted by Crippen LogP contribution is 2.28. The number of carbonyl (C=O) groups is 1. The minimum absolute atomic E-state index is 0.0238. The normalized spacial score (nSPS) is 20.9. The molecule has 0 aromatic carbocycles. The van der Waals surface area contributed by atoms with Gasteiger partial charge in [-0.1, -0.05) is 12.8 Å². The molecule has 1 saturated heterocycles. The molecule has 1 aliphatic carbocycles. The van der Waals surface area contributed by atoms with Crippen LogP contribution in [0.4, 0.5) is 21.7 Å². The van der Waals surface area contributed by atoms with Gasteiger partial charge in [-0.15, -0.1) is 0 Å². The van der Waals surface area contributed by atoms with Crippen LogP contribution in [0.15, 0.2) is 30.6 Å². The summed E-state index contributed by atoms with van der Waals surface area (Å²) in [5, 5.41) is 7.22. The number of pyridine rings is 2. The molecule has 0 spiro atoms. The highest BCUT2D eigenvalue weighted by molar-refractivity contribution is 5.98. The molecule has 5 rings (SSSR count). The van der Waals surface area contributed by atoms with Crippen molar-refractivity contribution in [3.63, 3.8) is 0 Å². The molecule has 0 unspecified atom stereocenters. The highest BCUT2D eigenvalue weighted by Gasteiger charge is 2.24. The number of nitrogens with one attached hydrogen (secondary N) is 2. The highest BCUT2D eigenvalue weighted by atomic mass is 19.1. The molecule has 4 heterocycles. The van der Waals surface area contributed by atoms with Gasteiger partial charge in [0.15, 0.2) is 11.6 Å². The van der Waals surface area contributed by atoms with Gasteiger partial charge in [-0.2, -0.15) is 0 Å². The summed E-state index contributed by atoms with van der Waals surface area (Å²) < 4.78 is 16.9. The molecule has 0 radical (unpaired) electrons. The van der Waals surface area contributed by atoms with Gasteiger partial charge in [-0.05, 0) is 57.0 Å². The lowest BCUT2D eigenvalue weighted by Crippen LogP contribution is -2.43. The van der Waals surface area contributed by atoms with Gasteiger partial charge in [0.25, 0.3) is 5.91 Å². The lowest BCUT2D eigenvalue weighted by atomic mass is 9.91. The molecule has 1 saturated carbocycles. The third-order valence-corrected chi connectivity index (χ3v) is 7.10. The Morgan fingerprint density at radius 3 is 2.69 bits per heavy atom. The van der Waals surface area contributed by atoms with E-state index in [1.807, 2.05) is 18.3 Å². The Morgan fingerprint density at radius 2 is 1.91 bits per heavy atom. The average Bonchev–Trinajstić information content (AvgIpc) is 3.50. The maximum absolute atomic E-state index is 14.8. The van der Waals surface area contributed by atoms with Crippen LogP contribution in [-0.2, 0) is 6.54 Å². The fraction of sp³-hybridized carbons (Fsp3) is 0.480. The number of nitrogens with zero attached hydrogens (tertiary/aromatic N) is 4. The van der Waals surface area contributed by atoms with Gasteiger partial charge in [-0.25, -0.2) is 14.4 Å². The molecule has 0 bridgehead atoms. The van der Waals surface area contributed by atoms with Crippen molar-refractivity contribution in [1.29, 1.82) is 0 Å². The molecule has 6 N–H and O–H groups in total. The monoisotopic (exact) mass is 480 g/mol. The maximum Gasteiger partial charge on any atom is 0.252 e.